The van der Waals surface area contributed by atoms with Crippen LogP contribution in [-0.2, 0) is 12.8 Å². The normalized spacial score (nSPS) is 13.9. The molecule has 3 nitrogen and oxygen atoms in total. The summed E-state index contributed by atoms with van der Waals surface area (Å²) in [5.41, 5.74) is 13.0. The average molecular weight is 279 g/mol. The molecule has 98 valence electrons. The van der Waals surface area contributed by atoms with E-state index in [0.717, 1.165) is 11.1 Å². The molecule has 0 heterocycles. The minimum absolute atomic E-state index is 0. The molecule has 5 heteroatoms. The molecule has 0 saturated heterocycles. The van der Waals surface area contributed by atoms with E-state index < -0.39 is 0 Å². The lowest BCUT2D eigenvalue weighted by Gasteiger charge is -2.14. The lowest BCUT2D eigenvalue weighted by molar-refractivity contribution is 0.456. The molecule has 0 aliphatic rings. The minimum Gasteiger partial charge on any atom is -0.507 e. The summed E-state index contributed by atoms with van der Waals surface area (Å²) < 4.78 is 0. The summed E-state index contributed by atoms with van der Waals surface area (Å²) in [6, 6.07) is 3.50. The number of rotatable bonds is 4. The SMILES string of the molecule is CC(N)Cc1cc(Cl)cc(CC(C)N)c1O.Cl. The van der Waals surface area contributed by atoms with Gasteiger partial charge in [-0.15, -0.1) is 12.4 Å². The zero-order valence-electron chi connectivity index (χ0n) is 10.1. The Morgan fingerprint density at radius 3 is 1.76 bits per heavy atom. The van der Waals surface area contributed by atoms with Crippen molar-refractivity contribution in [2.75, 3.05) is 0 Å². The van der Waals surface area contributed by atoms with Gasteiger partial charge in [0, 0.05) is 17.1 Å². The Bertz CT molecular complexity index is 337. The summed E-state index contributed by atoms with van der Waals surface area (Å²) in [7, 11) is 0. The number of aromatic hydroxyl groups is 1. The molecule has 0 radical (unpaired) electrons. The van der Waals surface area contributed by atoms with E-state index in [1.807, 2.05) is 13.8 Å². The van der Waals surface area contributed by atoms with Crippen molar-refractivity contribution in [3.8, 4) is 5.75 Å². The molecule has 1 rings (SSSR count). The van der Waals surface area contributed by atoms with Crippen LogP contribution in [-0.4, -0.2) is 17.2 Å². The second-order valence-corrected chi connectivity index (χ2v) is 4.87. The van der Waals surface area contributed by atoms with Gasteiger partial charge in [-0.1, -0.05) is 11.6 Å². The molecule has 17 heavy (non-hydrogen) atoms. The van der Waals surface area contributed by atoms with Crippen molar-refractivity contribution >= 4 is 24.0 Å². The highest BCUT2D eigenvalue weighted by Crippen LogP contribution is 2.28. The molecule has 2 atom stereocenters. The molecule has 0 aliphatic heterocycles. The third-order valence-electron chi connectivity index (χ3n) is 2.32. The van der Waals surface area contributed by atoms with E-state index in [1.54, 1.807) is 12.1 Å². The van der Waals surface area contributed by atoms with Crippen LogP contribution in [0.4, 0.5) is 0 Å². The Hall–Kier alpha value is -0.480. The molecule has 1 aromatic rings. The summed E-state index contributed by atoms with van der Waals surface area (Å²) in [6.45, 7) is 3.79. The van der Waals surface area contributed by atoms with Crippen molar-refractivity contribution in [2.24, 2.45) is 11.5 Å². The number of halogens is 2. The average Bonchev–Trinajstić information content (AvgIpc) is 2.11. The summed E-state index contributed by atoms with van der Waals surface area (Å²) in [5.74, 6) is 0.277. The summed E-state index contributed by atoms with van der Waals surface area (Å²) in [6.07, 6.45) is 1.22. The van der Waals surface area contributed by atoms with Crippen LogP contribution in [0.3, 0.4) is 0 Å². The fourth-order valence-electron chi connectivity index (χ4n) is 1.72. The van der Waals surface area contributed by atoms with E-state index in [1.165, 1.54) is 0 Å². The first-order valence-corrected chi connectivity index (χ1v) is 5.79. The predicted octanol–water partition coefficient (Wildman–Crippen LogP) is 2.25. The van der Waals surface area contributed by atoms with Gasteiger partial charge in [0.25, 0.3) is 0 Å². The second kappa shape index (κ2) is 7.07. The molecule has 0 fully saturated rings. The van der Waals surface area contributed by atoms with Gasteiger partial charge in [-0.05, 0) is 49.9 Å². The van der Waals surface area contributed by atoms with Gasteiger partial charge in [0.1, 0.15) is 5.75 Å². The monoisotopic (exact) mass is 278 g/mol. The van der Waals surface area contributed by atoms with Crippen LogP contribution >= 0.6 is 24.0 Å². The fourth-order valence-corrected chi connectivity index (χ4v) is 1.99. The van der Waals surface area contributed by atoms with Gasteiger partial charge in [-0.25, -0.2) is 0 Å². The van der Waals surface area contributed by atoms with Gasteiger partial charge in [0.05, 0.1) is 0 Å². The Balaban J connectivity index is 0.00000256. The van der Waals surface area contributed by atoms with Crippen LogP contribution in [0, 0.1) is 0 Å². The van der Waals surface area contributed by atoms with Gasteiger partial charge in [0.2, 0.25) is 0 Å². The maximum Gasteiger partial charge on any atom is 0.122 e. The Morgan fingerprint density at radius 1 is 1.12 bits per heavy atom. The minimum atomic E-state index is -0.00693. The molecular formula is C12H20Cl2N2O. The molecule has 0 amide bonds. The number of hydrogen-bond acceptors (Lipinski definition) is 3. The smallest absolute Gasteiger partial charge is 0.122 e. The number of phenolic OH excluding ortho intramolecular Hbond substituents is 1. The highest BCUT2D eigenvalue weighted by molar-refractivity contribution is 6.30. The Labute approximate surface area is 114 Å². The van der Waals surface area contributed by atoms with Crippen LogP contribution in [0.5, 0.6) is 5.75 Å². The van der Waals surface area contributed by atoms with E-state index in [-0.39, 0.29) is 30.2 Å². The summed E-state index contributed by atoms with van der Waals surface area (Å²) in [4.78, 5) is 0. The highest BCUT2D eigenvalue weighted by Gasteiger charge is 2.12. The van der Waals surface area contributed by atoms with Gasteiger partial charge in [0.15, 0.2) is 0 Å². The van der Waals surface area contributed by atoms with E-state index in [9.17, 15) is 5.11 Å². The van der Waals surface area contributed by atoms with E-state index in [4.69, 9.17) is 23.1 Å². The standard InChI is InChI=1S/C12H19ClN2O.ClH/c1-7(14)3-9-5-11(13)6-10(12(9)16)4-8(2)15;/h5-8,16H,3-4,14-15H2,1-2H3;1H. The molecule has 0 bridgehead atoms. The van der Waals surface area contributed by atoms with Gasteiger partial charge >= 0.3 is 0 Å². The van der Waals surface area contributed by atoms with Gasteiger partial charge < -0.3 is 16.6 Å². The maximum absolute atomic E-state index is 10.0. The van der Waals surface area contributed by atoms with Crippen LogP contribution in [0.15, 0.2) is 12.1 Å². The van der Waals surface area contributed by atoms with Crippen LogP contribution in [0.25, 0.3) is 0 Å². The number of nitrogens with two attached hydrogens (primary N) is 2. The summed E-state index contributed by atoms with van der Waals surface area (Å²) in [5, 5.41) is 10.7. The van der Waals surface area contributed by atoms with Crippen molar-refractivity contribution in [2.45, 2.75) is 38.8 Å². The first kappa shape index (κ1) is 16.5. The third kappa shape index (κ3) is 5.13. The quantitative estimate of drug-likeness (QED) is 0.791. The van der Waals surface area contributed by atoms with Crippen molar-refractivity contribution in [1.29, 1.82) is 0 Å². The lowest BCUT2D eigenvalue weighted by atomic mass is 9.99. The second-order valence-electron chi connectivity index (χ2n) is 4.44. The zero-order valence-corrected chi connectivity index (χ0v) is 11.7. The predicted molar refractivity (Wildman–Crippen MR) is 75.1 cm³/mol. The summed E-state index contributed by atoms with van der Waals surface area (Å²) >= 11 is 6.00. The van der Waals surface area contributed by atoms with Gasteiger partial charge in [-0.3, -0.25) is 0 Å². The first-order chi connectivity index (χ1) is 7.40. The fraction of sp³-hybridized carbons (Fsp3) is 0.500. The van der Waals surface area contributed by atoms with Crippen molar-refractivity contribution < 1.29 is 5.11 Å². The molecule has 1 aromatic carbocycles. The van der Waals surface area contributed by atoms with Crippen molar-refractivity contribution in [1.82, 2.24) is 0 Å². The Kier molecular flexibility index (Phi) is 6.87. The lowest BCUT2D eigenvalue weighted by Crippen LogP contribution is -2.19. The van der Waals surface area contributed by atoms with Crippen LogP contribution in [0.2, 0.25) is 5.02 Å². The maximum atomic E-state index is 10.0. The zero-order chi connectivity index (χ0) is 12.3. The van der Waals surface area contributed by atoms with Gasteiger partial charge in [-0.2, -0.15) is 0 Å². The molecule has 0 aliphatic carbocycles. The number of benzene rings is 1. The molecular weight excluding hydrogens is 259 g/mol. The van der Waals surface area contributed by atoms with Crippen molar-refractivity contribution in [3.63, 3.8) is 0 Å². The van der Waals surface area contributed by atoms with Crippen LogP contribution < -0.4 is 11.5 Å². The molecule has 5 N–H and O–H groups in total. The molecule has 0 aromatic heterocycles. The third-order valence-corrected chi connectivity index (χ3v) is 2.53. The largest absolute Gasteiger partial charge is 0.507 e. The highest BCUT2D eigenvalue weighted by atomic mass is 35.5. The topological polar surface area (TPSA) is 72.3 Å². The molecule has 0 spiro atoms. The molecule has 2 unspecified atom stereocenters. The Morgan fingerprint density at radius 2 is 1.47 bits per heavy atom. The van der Waals surface area contributed by atoms with E-state index >= 15 is 0 Å². The van der Waals surface area contributed by atoms with E-state index in [0.29, 0.717) is 17.9 Å². The number of phenols is 1. The van der Waals surface area contributed by atoms with Crippen molar-refractivity contribution in [3.05, 3.63) is 28.3 Å². The molecule has 0 saturated carbocycles. The van der Waals surface area contributed by atoms with E-state index in [2.05, 4.69) is 0 Å². The number of hydrogen-bond donors (Lipinski definition) is 3. The first-order valence-electron chi connectivity index (χ1n) is 5.41. The van der Waals surface area contributed by atoms with Crippen LogP contribution in [0.1, 0.15) is 25.0 Å².